The molecule has 2 heterocycles. The third-order valence-corrected chi connectivity index (χ3v) is 3.67. The summed E-state index contributed by atoms with van der Waals surface area (Å²) in [5.41, 5.74) is 0. The van der Waals surface area contributed by atoms with Crippen molar-refractivity contribution in [3.8, 4) is 0 Å². The number of pyridine rings is 1. The number of piperazine rings is 1. The first-order valence-corrected chi connectivity index (χ1v) is 7.19. The van der Waals surface area contributed by atoms with Crippen molar-refractivity contribution < 1.29 is 0 Å². The number of halogens is 1. The van der Waals surface area contributed by atoms with E-state index in [1.54, 1.807) is 0 Å². The van der Waals surface area contributed by atoms with Crippen LogP contribution < -0.4 is 4.90 Å². The van der Waals surface area contributed by atoms with E-state index >= 15 is 0 Å². The van der Waals surface area contributed by atoms with Crippen LogP contribution in [0.5, 0.6) is 0 Å². The Morgan fingerprint density at radius 1 is 1.24 bits per heavy atom. The maximum atomic E-state index is 4.51. The minimum Gasteiger partial charge on any atom is -0.354 e. The maximum absolute atomic E-state index is 4.51. The average molecular weight is 298 g/mol. The molecule has 0 N–H and O–H groups in total. The van der Waals surface area contributed by atoms with E-state index in [0.717, 1.165) is 36.6 Å². The van der Waals surface area contributed by atoms with Gasteiger partial charge in [0, 0.05) is 26.2 Å². The number of aromatic nitrogens is 1. The first-order chi connectivity index (χ1) is 8.29. The topological polar surface area (TPSA) is 19.4 Å². The zero-order valence-corrected chi connectivity index (χ0v) is 12.0. The Labute approximate surface area is 112 Å². The Bertz CT molecular complexity index is 348. The van der Waals surface area contributed by atoms with Gasteiger partial charge in [-0.15, -0.1) is 0 Å². The SMILES string of the molecule is CCCCN1CCN(c2cccc(Br)n2)CC1. The van der Waals surface area contributed by atoms with E-state index in [1.165, 1.54) is 19.4 Å². The van der Waals surface area contributed by atoms with Crippen molar-refractivity contribution in [2.75, 3.05) is 37.6 Å². The van der Waals surface area contributed by atoms with Crippen molar-refractivity contribution >= 4 is 21.7 Å². The van der Waals surface area contributed by atoms with Gasteiger partial charge in [0.05, 0.1) is 0 Å². The second-order valence-electron chi connectivity index (χ2n) is 4.50. The fourth-order valence-corrected chi connectivity index (χ4v) is 2.49. The summed E-state index contributed by atoms with van der Waals surface area (Å²) in [5.74, 6) is 1.09. The van der Waals surface area contributed by atoms with Crippen molar-refractivity contribution in [2.24, 2.45) is 0 Å². The molecule has 4 heteroatoms. The average Bonchev–Trinajstić information content (AvgIpc) is 2.37. The second-order valence-corrected chi connectivity index (χ2v) is 5.31. The van der Waals surface area contributed by atoms with Crippen LogP contribution in [0.1, 0.15) is 19.8 Å². The fourth-order valence-electron chi connectivity index (χ4n) is 2.16. The summed E-state index contributed by atoms with van der Waals surface area (Å²) in [7, 11) is 0. The van der Waals surface area contributed by atoms with E-state index in [-0.39, 0.29) is 0 Å². The molecule has 0 unspecified atom stereocenters. The molecular formula is C13H20BrN3. The molecule has 1 aromatic heterocycles. The van der Waals surface area contributed by atoms with Crippen LogP contribution in [0.15, 0.2) is 22.8 Å². The molecule has 0 aliphatic carbocycles. The Balaban J connectivity index is 1.86. The number of nitrogens with zero attached hydrogens (tertiary/aromatic N) is 3. The molecule has 0 radical (unpaired) electrons. The number of unbranched alkanes of at least 4 members (excludes halogenated alkanes) is 1. The van der Waals surface area contributed by atoms with E-state index in [4.69, 9.17) is 0 Å². The van der Waals surface area contributed by atoms with E-state index in [2.05, 4.69) is 49.8 Å². The Morgan fingerprint density at radius 3 is 2.65 bits per heavy atom. The van der Waals surface area contributed by atoms with E-state index in [0.29, 0.717) is 0 Å². The first kappa shape index (κ1) is 12.8. The Hall–Kier alpha value is -0.610. The molecule has 17 heavy (non-hydrogen) atoms. The molecule has 0 atom stereocenters. The van der Waals surface area contributed by atoms with Gasteiger partial charge in [0.1, 0.15) is 10.4 Å². The third-order valence-electron chi connectivity index (χ3n) is 3.22. The van der Waals surface area contributed by atoms with Gasteiger partial charge in [-0.25, -0.2) is 4.98 Å². The highest BCUT2D eigenvalue weighted by molar-refractivity contribution is 9.10. The third kappa shape index (κ3) is 3.68. The van der Waals surface area contributed by atoms with Gasteiger partial charge in [-0.05, 0) is 41.0 Å². The van der Waals surface area contributed by atoms with Crippen LogP contribution >= 0.6 is 15.9 Å². The second kappa shape index (κ2) is 6.36. The van der Waals surface area contributed by atoms with Crippen molar-refractivity contribution in [1.29, 1.82) is 0 Å². The van der Waals surface area contributed by atoms with Crippen LogP contribution in [0.3, 0.4) is 0 Å². The molecule has 1 saturated heterocycles. The van der Waals surface area contributed by atoms with Gasteiger partial charge in [-0.1, -0.05) is 19.4 Å². The maximum Gasteiger partial charge on any atom is 0.129 e. The molecule has 0 saturated carbocycles. The number of rotatable bonds is 4. The minimum absolute atomic E-state index is 0.920. The quantitative estimate of drug-likeness (QED) is 0.797. The molecule has 0 bridgehead atoms. The Kier molecular flexibility index (Phi) is 4.80. The predicted octanol–water partition coefficient (Wildman–Crippen LogP) is 2.77. The highest BCUT2D eigenvalue weighted by atomic mass is 79.9. The lowest BCUT2D eigenvalue weighted by Crippen LogP contribution is -2.46. The lowest BCUT2D eigenvalue weighted by molar-refractivity contribution is 0.253. The monoisotopic (exact) mass is 297 g/mol. The smallest absolute Gasteiger partial charge is 0.129 e. The molecule has 0 spiro atoms. The van der Waals surface area contributed by atoms with Crippen molar-refractivity contribution in [1.82, 2.24) is 9.88 Å². The summed E-state index contributed by atoms with van der Waals surface area (Å²) in [6.45, 7) is 8.00. The van der Waals surface area contributed by atoms with Crippen LogP contribution in [0.4, 0.5) is 5.82 Å². The highest BCUT2D eigenvalue weighted by Crippen LogP contribution is 2.16. The summed E-state index contributed by atoms with van der Waals surface area (Å²) in [6.07, 6.45) is 2.60. The lowest BCUT2D eigenvalue weighted by Gasteiger charge is -2.35. The highest BCUT2D eigenvalue weighted by Gasteiger charge is 2.17. The first-order valence-electron chi connectivity index (χ1n) is 6.39. The van der Waals surface area contributed by atoms with Gasteiger partial charge in [0.25, 0.3) is 0 Å². The molecule has 1 aliphatic heterocycles. The fraction of sp³-hybridized carbons (Fsp3) is 0.615. The van der Waals surface area contributed by atoms with E-state index in [1.807, 2.05) is 6.07 Å². The summed E-state index contributed by atoms with van der Waals surface area (Å²) in [6, 6.07) is 6.11. The van der Waals surface area contributed by atoms with Crippen molar-refractivity contribution in [3.05, 3.63) is 22.8 Å². The molecule has 94 valence electrons. The molecule has 2 rings (SSSR count). The molecule has 1 fully saturated rings. The van der Waals surface area contributed by atoms with Gasteiger partial charge in [0.15, 0.2) is 0 Å². The summed E-state index contributed by atoms with van der Waals surface area (Å²) in [4.78, 5) is 9.43. The largest absolute Gasteiger partial charge is 0.354 e. The molecule has 0 amide bonds. The minimum atomic E-state index is 0.920. The lowest BCUT2D eigenvalue weighted by atomic mass is 10.2. The zero-order valence-electron chi connectivity index (χ0n) is 10.4. The summed E-state index contributed by atoms with van der Waals surface area (Å²) in [5, 5.41) is 0. The van der Waals surface area contributed by atoms with Gasteiger partial charge in [0.2, 0.25) is 0 Å². The molecular weight excluding hydrogens is 278 g/mol. The standard InChI is InChI=1S/C13H20BrN3/c1-2-3-7-16-8-10-17(11-9-16)13-6-4-5-12(14)15-13/h4-6H,2-3,7-11H2,1H3. The van der Waals surface area contributed by atoms with Gasteiger partial charge in [-0.3, -0.25) is 4.90 Å². The van der Waals surface area contributed by atoms with Crippen molar-refractivity contribution in [2.45, 2.75) is 19.8 Å². The molecule has 1 aromatic rings. The number of hydrogen-bond donors (Lipinski definition) is 0. The zero-order chi connectivity index (χ0) is 12.1. The van der Waals surface area contributed by atoms with E-state index < -0.39 is 0 Å². The van der Waals surface area contributed by atoms with Crippen LogP contribution in [0.2, 0.25) is 0 Å². The van der Waals surface area contributed by atoms with Gasteiger partial charge >= 0.3 is 0 Å². The number of hydrogen-bond acceptors (Lipinski definition) is 3. The normalized spacial score (nSPS) is 17.4. The van der Waals surface area contributed by atoms with Crippen LogP contribution in [-0.4, -0.2) is 42.6 Å². The number of anilines is 1. The van der Waals surface area contributed by atoms with Crippen LogP contribution in [0, 0.1) is 0 Å². The molecule has 3 nitrogen and oxygen atoms in total. The van der Waals surface area contributed by atoms with Crippen molar-refractivity contribution in [3.63, 3.8) is 0 Å². The molecule has 1 aliphatic rings. The van der Waals surface area contributed by atoms with Gasteiger partial charge < -0.3 is 4.90 Å². The summed E-state index contributed by atoms with van der Waals surface area (Å²) < 4.78 is 0.920. The van der Waals surface area contributed by atoms with Gasteiger partial charge in [-0.2, -0.15) is 0 Å². The molecule has 0 aromatic carbocycles. The van der Waals surface area contributed by atoms with E-state index in [9.17, 15) is 0 Å². The van der Waals surface area contributed by atoms with Crippen LogP contribution in [-0.2, 0) is 0 Å². The summed E-state index contributed by atoms with van der Waals surface area (Å²) >= 11 is 3.43. The van der Waals surface area contributed by atoms with Crippen LogP contribution in [0.25, 0.3) is 0 Å². The predicted molar refractivity (Wildman–Crippen MR) is 75.5 cm³/mol. The Morgan fingerprint density at radius 2 is 2.00 bits per heavy atom.